The van der Waals surface area contributed by atoms with Crippen LogP contribution in [0, 0.1) is 0 Å². The first-order valence-electron chi connectivity index (χ1n) is 16.4. The predicted octanol–water partition coefficient (Wildman–Crippen LogP) is 13.3. The normalized spacial score (nSPS) is 11.8. The van der Waals surface area contributed by atoms with Crippen LogP contribution in [0.4, 0.5) is 0 Å². The van der Waals surface area contributed by atoms with Gasteiger partial charge in [-0.3, -0.25) is 0 Å². The van der Waals surface area contributed by atoms with Gasteiger partial charge in [-0.2, -0.15) is 0 Å². The van der Waals surface area contributed by atoms with Crippen molar-refractivity contribution in [3.63, 3.8) is 0 Å². The second-order valence-corrected chi connectivity index (χ2v) is 12.4. The van der Waals surface area contributed by atoms with E-state index in [-0.39, 0.29) is 0 Å². The van der Waals surface area contributed by atoms with E-state index in [1.807, 2.05) is 12.1 Å². The molecule has 0 aliphatic heterocycles. The van der Waals surface area contributed by atoms with Gasteiger partial charge in [0.2, 0.25) is 0 Å². The molecular weight excluding hydrogens is 585 g/mol. The molecule has 0 bridgehead atoms. The topological polar surface area (TPSA) is 26.3 Å². The molecule has 2 heterocycles. The standard InChI is InChI=1S/C46H28O2/c1-3-15-29(16-4-1)41-33-21-9-10-22-34(33)42(30-17-5-2-6-18-30)46-44(40-28-32-20-8-14-26-38(32)48-40)36-24-12-11-23-35(36)43(45(41)46)39-27-31-19-7-13-25-37(31)47-39/h1-28H. The average Bonchev–Trinajstić information content (AvgIpc) is 3.78. The van der Waals surface area contributed by atoms with Crippen molar-refractivity contribution < 1.29 is 8.83 Å². The van der Waals surface area contributed by atoms with Gasteiger partial charge in [-0.1, -0.05) is 146 Å². The lowest BCUT2D eigenvalue weighted by Crippen LogP contribution is -1.97. The monoisotopic (exact) mass is 612 g/mol. The van der Waals surface area contributed by atoms with Crippen molar-refractivity contribution in [1.82, 2.24) is 0 Å². The van der Waals surface area contributed by atoms with Crippen LogP contribution in [0.25, 0.3) is 99.2 Å². The molecular formula is C46H28O2. The molecule has 2 nitrogen and oxygen atoms in total. The Hall–Kier alpha value is -6.38. The van der Waals surface area contributed by atoms with Crippen molar-refractivity contribution >= 4 is 54.3 Å². The summed E-state index contributed by atoms with van der Waals surface area (Å²) in [4.78, 5) is 0. The maximum atomic E-state index is 6.79. The Balaban J connectivity index is 1.55. The first-order chi connectivity index (χ1) is 23.8. The molecule has 0 amide bonds. The highest BCUT2D eigenvalue weighted by atomic mass is 16.3. The zero-order chi connectivity index (χ0) is 31.6. The predicted molar refractivity (Wildman–Crippen MR) is 200 cm³/mol. The van der Waals surface area contributed by atoms with Crippen LogP contribution >= 0.6 is 0 Å². The number of benzene rings is 8. The second kappa shape index (κ2) is 10.6. The highest BCUT2D eigenvalue weighted by Crippen LogP contribution is 2.54. The molecule has 2 aromatic heterocycles. The summed E-state index contributed by atoms with van der Waals surface area (Å²) in [6, 6.07) is 60.1. The SMILES string of the molecule is c1ccc(-c2c3ccccc3c(-c3ccccc3)c3c(-c4cc5ccccc5o4)c4ccccc4c(-c4cc5ccccc5o4)c23)cc1. The Morgan fingerprint density at radius 1 is 0.292 bits per heavy atom. The lowest BCUT2D eigenvalue weighted by Gasteiger charge is -2.23. The molecule has 2 heteroatoms. The molecule has 0 spiro atoms. The van der Waals surface area contributed by atoms with E-state index < -0.39 is 0 Å². The summed E-state index contributed by atoms with van der Waals surface area (Å²) < 4.78 is 13.6. The molecule has 8 aromatic carbocycles. The molecule has 0 N–H and O–H groups in total. The Labute approximate surface area is 277 Å². The third kappa shape index (κ3) is 4.00. The molecule has 10 aromatic rings. The zero-order valence-corrected chi connectivity index (χ0v) is 26.0. The van der Waals surface area contributed by atoms with Gasteiger partial charge in [0, 0.05) is 32.7 Å². The van der Waals surface area contributed by atoms with E-state index >= 15 is 0 Å². The lowest BCUT2D eigenvalue weighted by atomic mass is 9.79. The van der Waals surface area contributed by atoms with Gasteiger partial charge >= 0.3 is 0 Å². The highest BCUT2D eigenvalue weighted by Gasteiger charge is 2.28. The highest BCUT2D eigenvalue weighted by molar-refractivity contribution is 6.33. The largest absolute Gasteiger partial charge is 0.456 e. The van der Waals surface area contributed by atoms with E-state index in [1.165, 1.54) is 21.9 Å². The first-order valence-corrected chi connectivity index (χ1v) is 16.4. The molecule has 224 valence electrons. The number of rotatable bonds is 4. The Kier molecular flexibility index (Phi) is 5.91. The van der Waals surface area contributed by atoms with Gasteiger partial charge in [0.25, 0.3) is 0 Å². The Morgan fingerprint density at radius 3 is 1.02 bits per heavy atom. The quantitative estimate of drug-likeness (QED) is 0.185. The number of furan rings is 2. The van der Waals surface area contributed by atoms with E-state index in [9.17, 15) is 0 Å². The molecule has 0 radical (unpaired) electrons. The summed E-state index contributed by atoms with van der Waals surface area (Å²) in [7, 11) is 0. The van der Waals surface area contributed by atoms with E-state index in [0.29, 0.717) is 0 Å². The smallest absolute Gasteiger partial charge is 0.136 e. The minimum Gasteiger partial charge on any atom is -0.456 e. The van der Waals surface area contributed by atoms with Crippen LogP contribution in [0.5, 0.6) is 0 Å². The van der Waals surface area contributed by atoms with Crippen LogP contribution in [-0.2, 0) is 0 Å². The van der Waals surface area contributed by atoms with Crippen LogP contribution in [0.3, 0.4) is 0 Å². The second-order valence-electron chi connectivity index (χ2n) is 12.4. The summed E-state index contributed by atoms with van der Waals surface area (Å²) in [6.07, 6.45) is 0. The first kappa shape index (κ1) is 26.8. The summed E-state index contributed by atoms with van der Waals surface area (Å²) in [5.74, 6) is 1.69. The van der Waals surface area contributed by atoms with Crippen molar-refractivity contribution in [1.29, 1.82) is 0 Å². The van der Waals surface area contributed by atoms with Gasteiger partial charge in [0.1, 0.15) is 22.7 Å². The average molecular weight is 613 g/mol. The summed E-state index contributed by atoms with van der Waals surface area (Å²) in [6.45, 7) is 0. The molecule has 0 atom stereocenters. The van der Waals surface area contributed by atoms with Gasteiger partial charge < -0.3 is 8.83 Å². The van der Waals surface area contributed by atoms with E-state index in [1.54, 1.807) is 0 Å². The van der Waals surface area contributed by atoms with Crippen molar-refractivity contribution in [2.24, 2.45) is 0 Å². The van der Waals surface area contributed by atoms with Crippen molar-refractivity contribution in [3.8, 4) is 44.9 Å². The number of fused-ring (bicyclic) bond motifs is 5. The van der Waals surface area contributed by atoms with Crippen LogP contribution < -0.4 is 0 Å². The zero-order valence-electron chi connectivity index (χ0n) is 26.0. The van der Waals surface area contributed by atoms with Crippen molar-refractivity contribution in [2.75, 3.05) is 0 Å². The number of para-hydroxylation sites is 2. The molecule has 0 unspecified atom stereocenters. The maximum absolute atomic E-state index is 6.79. The van der Waals surface area contributed by atoms with Gasteiger partial charge in [-0.25, -0.2) is 0 Å². The Bertz CT molecular complexity index is 2560. The van der Waals surface area contributed by atoms with Gasteiger partial charge in [0.05, 0.1) is 0 Å². The third-order valence-electron chi connectivity index (χ3n) is 9.65. The fourth-order valence-electron chi connectivity index (χ4n) is 7.66. The van der Waals surface area contributed by atoms with Crippen LogP contribution in [-0.4, -0.2) is 0 Å². The lowest BCUT2D eigenvalue weighted by molar-refractivity contribution is 0.631. The maximum Gasteiger partial charge on any atom is 0.136 e. The molecule has 10 rings (SSSR count). The van der Waals surface area contributed by atoms with Gasteiger partial charge in [0.15, 0.2) is 0 Å². The van der Waals surface area contributed by atoms with Crippen molar-refractivity contribution in [3.05, 3.63) is 170 Å². The minimum atomic E-state index is 0.847. The number of hydrogen-bond acceptors (Lipinski definition) is 2. The van der Waals surface area contributed by atoms with E-state index in [0.717, 1.165) is 77.3 Å². The van der Waals surface area contributed by atoms with E-state index in [2.05, 4.69) is 158 Å². The molecule has 0 fully saturated rings. The summed E-state index contributed by atoms with van der Waals surface area (Å²) in [5.41, 5.74) is 8.58. The summed E-state index contributed by atoms with van der Waals surface area (Å²) >= 11 is 0. The molecule has 48 heavy (non-hydrogen) atoms. The fourth-order valence-corrected chi connectivity index (χ4v) is 7.66. The van der Waals surface area contributed by atoms with E-state index in [4.69, 9.17) is 8.83 Å². The van der Waals surface area contributed by atoms with Crippen molar-refractivity contribution in [2.45, 2.75) is 0 Å². The molecule has 0 saturated heterocycles. The molecule has 0 aliphatic rings. The van der Waals surface area contributed by atoms with Crippen LogP contribution in [0.1, 0.15) is 0 Å². The number of hydrogen-bond donors (Lipinski definition) is 0. The summed E-state index contributed by atoms with van der Waals surface area (Å²) in [5, 5.41) is 9.07. The molecule has 0 saturated carbocycles. The van der Waals surface area contributed by atoms with Gasteiger partial charge in [-0.05, 0) is 68.1 Å². The van der Waals surface area contributed by atoms with Crippen LogP contribution in [0.2, 0.25) is 0 Å². The van der Waals surface area contributed by atoms with Gasteiger partial charge in [-0.15, -0.1) is 0 Å². The minimum absolute atomic E-state index is 0.847. The van der Waals surface area contributed by atoms with Crippen LogP contribution in [0.15, 0.2) is 179 Å². The third-order valence-corrected chi connectivity index (χ3v) is 9.65. The fraction of sp³-hybridized carbons (Fsp3) is 0. The Morgan fingerprint density at radius 2 is 0.625 bits per heavy atom. The molecule has 0 aliphatic carbocycles.